The first kappa shape index (κ1) is 25.0. The van der Waals surface area contributed by atoms with Crippen LogP contribution in [0.2, 0.25) is 0 Å². The van der Waals surface area contributed by atoms with E-state index in [9.17, 15) is 9.59 Å². The van der Waals surface area contributed by atoms with Gasteiger partial charge in [0.1, 0.15) is 5.69 Å². The van der Waals surface area contributed by atoms with Crippen LogP contribution < -0.4 is 4.48 Å². The molecule has 0 N–H and O–H groups in total. The number of unbranched alkanes of at least 4 members (excludes halogenated alkanes) is 9. The monoisotopic (exact) mass is 422 g/mol. The highest BCUT2D eigenvalue weighted by molar-refractivity contribution is 6.50. The third kappa shape index (κ3) is 8.06. The van der Waals surface area contributed by atoms with E-state index in [1.165, 1.54) is 57.8 Å². The Morgan fingerprint density at radius 3 is 1.77 bits per heavy atom. The second-order valence-corrected chi connectivity index (χ2v) is 9.13. The molecule has 3 heteroatoms. The van der Waals surface area contributed by atoms with Crippen molar-refractivity contribution in [2.24, 2.45) is 0 Å². The number of benzene rings is 2. The second-order valence-electron chi connectivity index (χ2n) is 9.13. The quantitative estimate of drug-likeness (QED) is 0.131. The number of Topliss-reactive ketones (excluding diaryl/α,β-unsaturated/α-hetero) is 2. The Morgan fingerprint density at radius 1 is 0.645 bits per heavy atom. The van der Waals surface area contributed by atoms with Gasteiger partial charge in [-0.3, -0.25) is 14.1 Å². The number of rotatable bonds is 15. The Bertz CT molecular complexity index is 811. The van der Waals surface area contributed by atoms with Crippen molar-refractivity contribution in [1.82, 2.24) is 4.48 Å². The highest BCUT2D eigenvalue weighted by Gasteiger charge is 2.28. The summed E-state index contributed by atoms with van der Waals surface area (Å²) in [7, 11) is 4.26. The molecule has 0 atom stereocenters. The van der Waals surface area contributed by atoms with E-state index in [2.05, 4.69) is 21.0 Å². The van der Waals surface area contributed by atoms with Crippen LogP contribution in [0.25, 0.3) is 0 Å². The van der Waals surface area contributed by atoms with Gasteiger partial charge in [-0.15, -0.1) is 0 Å². The van der Waals surface area contributed by atoms with Gasteiger partial charge in [-0.2, -0.15) is 0 Å². The zero-order valence-electron chi connectivity index (χ0n) is 19.7. The molecule has 0 spiro atoms. The predicted molar refractivity (Wildman–Crippen MR) is 132 cm³/mol. The van der Waals surface area contributed by atoms with Gasteiger partial charge in [0.15, 0.2) is 0 Å². The smallest absolute Gasteiger partial charge is 0.239 e. The standard InChI is InChI=1S/C28H40NO2/c1-4-5-6-7-8-9-10-11-12-18-23-29(2,3)26-22-17-16-21-25(26)28(31)27(30)24-19-14-13-15-20-24/h13-17,19-22H,4-12,18,23H2,1-3H3/q+1. The molecule has 2 rings (SSSR count). The predicted octanol–water partition coefficient (Wildman–Crippen LogP) is 7.24. The van der Waals surface area contributed by atoms with E-state index in [4.69, 9.17) is 0 Å². The molecule has 0 amide bonds. The Hall–Kier alpha value is -2.26. The van der Waals surface area contributed by atoms with Gasteiger partial charge in [0.25, 0.3) is 0 Å². The van der Waals surface area contributed by atoms with Crippen molar-refractivity contribution in [3.63, 3.8) is 0 Å². The van der Waals surface area contributed by atoms with E-state index >= 15 is 0 Å². The summed E-state index contributed by atoms with van der Waals surface area (Å²) >= 11 is 0. The maximum absolute atomic E-state index is 13.0. The zero-order chi connectivity index (χ0) is 22.5. The van der Waals surface area contributed by atoms with Crippen LogP contribution in [0.3, 0.4) is 0 Å². The van der Waals surface area contributed by atoms with E-state index in [0.29, 0.717) is 15.6 Å². The molecule has 0 aromatic heterocycles. The molecule has 168 valence electrons. The lowest BCUT2D eigenvalue weighted by atomic mass is 9.99. The van der Waals surface area contributed by atoms with Crippen molar-refractivity contribution in [1.29, 1.82) is 0 Å². The third-order valence-electron chi connectivity index (χ3n) is 6.11. The van der Waals surface area contributed by atoms with Gasteiger partial charge >= 0.3 is 0 Å². The Labute approximate surface area is 189 Å². The fourth-order valence-electron chi connectivity index (χ4n) is 4.15. The molecule has 2 aromatic rings. The van der Waals surface area contributed by atoms with E-state index in [-0.39, 0.29) is 0 Å². The van der Waals surface area contributed by atoms with Crippen LogP contribution in [0.5, 0.6) is 0 Å². The third-order valence-corrected chi connectivity index (χ3v) is 6.11. The van der Waals surface area contributed by atoms with Crippen molar-refractivity contribution in [3.8, 4) is 0 Å². The van der Waals surface area contributed by atoms with Crippen LogP contribution in [0.1, 0.15) is 91.8 Å². The number of quaternary nitrogens is 1. The minimum absolute atomic E-state index is 0.420. The van der Waals surface area contributed by atoms with Gasteiger partial charge in [-0.1, -0.05) is 101 Å². The summed E-state index contributed by atoms with van der Waals surface area (Å²) in [4.78, 5) is 25.7. The number of nitrogens with zero attached hydrogens (tertiary/aromatic N) is 1. The molecule has 0 bridgehead atoms. The van der Waals surface area contributed by atoms with Gasteiger partial charge in [-0.05, 0) is 25.0 Å². The van der Waals surface area contributed by atoms with Gasteiger partial charge in [-0.25, -0.2) is 0 Å². The number of hydrogen-bond donors (Lipinski definition) is 0. The molecule has 0 fully saturated rings. The largest absolute Gasteiger partial charge is 0.295 e. The minimum atomic E-state index is -0.438. The first-order valence-corrected chi connectivity index (χ1v) is 12.0. The van der Waals surface area contributed by atoms with E-state index in [0.717, 1.165) is 18.7 Å². The fraction of sp³-hybridized carbons (Fsp3) is 0.500. The SMILES string of the molecule is CCCCCCCCCCCC[N+](C)(C)c1ccccc1C(=O)C(=O)c1ccccc1. The molecule has 0 saturated heterocycles. The zero-order valence-corrected chi connectivity index (χ0v) is 19.7. The van der Waals surface area contributed by atoms with Gasteiger partial charge in [0, 0.05) is 5.56 Å². The summed E-state index contributed by atoms with van der Waals surface area (Å²) < 4.78 is 0.612. The lowest BCUT2D eigenvalue weighted by Gasteiger charge is -2.30. The van der Waals surface area contributed by atoms with Gasteiger partial charge in [0.2, 0.25) is 11.6 Å². The lowest BCUT2D eigenvalue weighted by molar-refractivity contribution is 0.0816. The van der Waals surface area contributed by atoms with Crippen molar-refractivity contribution >= 4 is 17.3 Å². The Morgan fingerprint density at radius 2 is 1.16 bits per heavy atom. The van der Waals surface area contributed by atoms with Crippen molar-refractivity contribution < 1.29 is 9.59 Å². The molecule has 0 aliphatic rings. The summed E-state index contributed by atoms with van der Waals surface area (Å²) in [5.74, 6) is -0.858. The average molecular weight is 423 g/mol. The highest BCUT2D eigenvalue weighted by atomic mass is 16.2. The summed E-state index contributed by atoms with van der Waals surface area (Å²) in [6.45, 7) is 3.22. The van der Waals surface area contributed by atoms with E-state index < -0.39 is 11.6 Å². The highest BCUT2D eigenvalue weighted by Crippen LogP contribution is 2.26. The molecular formula is C28H40NO2+. The van der Waals surface area contributed by atoms with E-state index in [1.807, 2.05) is 24.3 Å². The number of para-hydroxylation sites is 1. The number of carbonyl (C=O) groups excluding carboxylic acids is 2. The molecule has 0 unspecified atom stereocenters. The molecular weight excluding hydrogens is 382 g/mol. The fourth-order valence-corrected chi connectivity index (χ4v) is 4.15. The van der Waals surface area contributed by atoms with Crippen LogP contribution in [-0.4, -0.2) is 32.2 Å². The molecule has 2 aromatic carbocycles. The summed E-state index contributed by atoms with van der Waals surface area (Å²) in [5.41, 5.74) is 1.89. The maximum Gasteiger partial charge on any atom is 0.239 e. The maximum atomic E-state index is 13.0. The van der Waals surface area contributed by atoms with Crippen molar-refractivity contribution in [3.05, 3.63) is 65.7 Å². The first-order chi connectivity index (χ1) is 15.0. The van der Waals surface area contributed by atoms with Crippen LogP contribution in [0, 0.1) is 0 Å². The summed E-state index contributed by atoms with van der Waals surface area (Å²) in [6, 6.07) is 16.4. The molecule has 31 heavy (non-hydrogen) atoms. The van der Waals surface area contributed by atoms with E-state index in [1.54, 1.807) is 30.3 Å². The van der Waals surface area contributed by atoms with Gasteiger partial charge in [0.05, 0.1) is 26.2 Å². The Balaban J connectivity index is 1.87. The van der Waals surface area contributed by atoms with Crippen LogP contribution in [0.15, 0.2) is 54.6 Å². The molecule has 0 radical (unpaired) electrons. The van der Waals surface area contributed by atoms with Crippen molar-refractivity contribution in [2.45, 2.75) is 71.1 Å². The first-order valence-electron chi connectivity index (χ1n) is 12.0. The van der Waals surface area contributed by atoms with Crippen LogP contribution in [0.4, 0.5) is 5.69 Å². The molecule has 0 saturated carbocycles. The second kappa shape index (κ2) is 13.2. The lowest BCUT2D eigenvalue weighted by Crippen LogP contribution is -2.42. The molecule has 0 aliphatic heterocycles. The average Bonchev–Trinajstić information content (AvgIpc) is 2.80. The Kier molecular flexibility index (Phi) is 10.7. The number of ketones is 2. The molecule has 3 nitrogen and oxygen atoms in total. The summed E-state index contributed by atoms with van der Waals surface area (Å²) in [5, 5.41) is 0. The minimum Gasteiger partial charge on any atom is -0.295 e. The molecule has 0 aliphatic carbocycles. The normalized spacial score (nSPS) is 11.5. The van der Waals surface area contributed by atoms with Crippen molar-refractivity contribution in [2.75, 3.05) is 20.6 Å². The number of hydrogen-bond acceptors (Lipinski definition) is 2. The summed E-state index contributed by atoms with van der Waals surface area (Å²) in [6.07, 6.45) is 13.1. The molecule has 0 heterocycles. The van der Waals surface area contributed by atoms with Crippen LogP contribution >= 0.6 is 0 Å². The topological polar surface area (TPSA) is 34.1 Å². The number of carbonyl (C=O) groups is 2. The van der Waals surface area contributed by atoms with Crippen LogP contribution in [-0.2, 0) is 0 Å². The van der Waals surface area contributed by atoms with Gasteiger partial charge < -0.3 is 0 Å².